The van der Waals surface area contributed by atoms with Crippen LogP contribution < -0.4 is 0 Å². The van der Waals surface area contributed by atoms with E-state index in [1.165, 1.54) is 11.8 Å². The Bertz CT molecular complexity index is 571. The summed E-state index contributed by atoms with van der Waals surface area (Å²) in [5.41, 5.74) is 1.69. The lowest BCUT2D eigenvalue weighted by atomic mass is 10.1. The summed E-state index contributed by atoms with van der Waals surface area (Å²) in [5.74, 6) is 0.550. The molecule has 0 N–H and O–H groups in total. The topological polar surface area (TPSA) is 30.0 Å². The van der Waals surface area contributed by atoms with E-state index in [-0.39, 0.29) is 5.78 Å². The third-order valence-corrected chi connectivity index (χ3v) is 3.99. The van der Waals surface area contributed by atoms with Gasteiger partial charge < -0.3 is 0 Å². The van der Waals surface area contributed by atoms with Crippen molar-refractivity contribution in [2.45, 2.75) is 11.8 Å². The van der Waals surface area contributed by atoms with Crippen molar-refractivity contribution in [3.8, 4) is 0 Å². The highest BCUT2D eigenvalue weighted by atomic mass is 79.9. The number of pyridine rings is 1. The number of hydrogen-bond donors (Lipinski definition) is 0. The first-order valence-electron chi connectivity index (χ1n) is 5.49. The second kappa shape index (κ2) is 6.16. The van der Waals surface area contributed by atoms with Gasteiger partial charge in [0.15, 0.2) is 5.78 Å². The van der Waals surface area contributed by atoms with E-state index in [1.54, 1.807) is 12.4 Å². The lowest BCUT2D eigenvalue weighted by Gasteiger charge is -2.04. The summed E-state index contributed by atoms with van der Waals surface area (Å²) in [4.78, 5) is 17.1. The molecule has 92 valence electrons. The van der Waals surface area contributed by atoms with Gasteiger partial charge in [-0.1, -0.05) is 22.0 Å². The summed E-state index contributed by atoms with van der Waals surface area (Å²) in [6.45, 7) is 1.93. The predicted octanol–water partition coefficient (Wildman–Crippen LogP) is 4.13. The van der Waals surface area contributed by atoms with Crippen LogP contribution in [0.15, 0.2) is 52.1 Å². The zero-order valence-corrected chi connectivity index (χ0v) is 12.3. The van der Waals surface area contributed by atoms with Crippen LogP contribution in [0.3, 0.4) is 0 Å². The maximum absolute atomic E-state index is 12.1. The molecule has 1 aromatic carbocycles. The molecule has 0 aliphatic carbocycles. The quantitative estimate of drug-likeness (QED) is 0.626. The van der Waals surface area contributed by atoms with Crippen LogP contribution >= 0.6 is 27.7 Å². The van der Waals surface area contributed by atoms with Crippen molar-refractivity contribution in [2.75, 3.05) is 5.75 Å². The summed E-state index contributed by atoms with van der Waals surface area (Å²) in [6.07, 6.45) is 3.34. The van der Waals surface area contributed by atoms with E-state index in [9.17, 15) is 4.79 Å². The average molecular weight is 322 g/mol. The molecule has 1 aromatic heterocycles. The SMILES string of the molecule is Cc1ccncc1C(=O)CSc1cccc(Br)c1. The lowest BCUT2D eigenvalue weighted by molar-refractivity contribution is 0.102. The van der Waals surface area contributed by atoms with Crippen LogP contribution in [0.2, 0.25) is 0 Å². The highest BCUT2D eigenvalue weighted by molar-refractivity contribution is 9.10. The van der Waals surface area contributed by atoms with Crippen molar-refractivity contribution in [3.05, 3.63) is 58.3 Å². The van der Waals surface area contributed by atoms with E-state index >= 15 is 0 Å². The molecule has 0 aliphatic heterocycles. The fourth-order valence-electron chi connectivity index (χ4n) is 1.54. The van der Waals surface area contributed by atoms with Crippen LogP contribution in [0.1, 0.15) is 15.9 Å². The molecule has 1 heterocycles. The van der Waals surface area contributed by atoms with Crippen molar-refractivity contribution >= 4 is 33.5 Å². The highest BCUT2D eigenvalue weighted by Crippen LogP contribution is 2.23. The number of ketones is 1. The minimum absolute atomic E-state index is 0.116. The van der Waals surface area contributed by atoms with Crippen LogP contribution in [0, 0.1) is 6.92 Å². The Morgan fingerprint density at radius 3 is 2.94 bits per heavy atom. The smallest absolute Gasteiger partial charge is 0.174 e. The Labute approximate surface area is 119 Å². The number of Topliss-reactive ketones (excluding diaryl/α,β-unsaturated/α-hetero) is 1. The van der Waals surface area contributed by atoms with E-state index in [1.807, 2.05) is 37.3 Å². The van der Waals surface area contributed by atoms with E-state index in [0.717, 1.165) is 14.9 Å². The minimum Gasteiger partial charge on any atom is -0.293 e. The molecule has 18 heavy (non-hydrogen) atoms. The van der Waals surface area contributed by atoms with E-state index in [2.05, 4.69) is 20.9 Å². The minimum atomic E-state index is 0.116. The number of halogens is 1. The fourth-order valence-corrected chi connectivity index (χ4v) is 2.93. The van der Waals surface area contributed by atoms with Crippen LogP contribution in [-0.2, 0) is 0 Å². The number of aryl methyl sites for hydroxylation is 1. The maximum Gasteiger partial charge on any atom is 0.174 e. The average Bonchev–Trinajstić information content (AvgIpc) is 2.37. The fraction of sp³-hybridized carbons (Fsp3) is 0.143. The number of hydrogen-bond acceptors (Lipinski definition) is 3. The number of nitrogens with zero attached hydrogens (tertiary/aromatic N) is 1. The molecule has 0 saturated carbocycles. The molecule has 0 spiro atoms. The zero-order chi connectivity index (χ0) is 13.0. The molecule has 4 heteroatoms. The van der Waals surface area contributed by atoms with Gasteiger partial charge >= 0.3 is 0 Å². The molecule has 2 nitrogen and oxygen atoms in total. The number of carbonyl (C=O) groups excluding carboxylic acids is 1. The van der Waals surface area contributed by atoms with Gasteiger partial charge in [0.2, 0.25) is 0 Å². The zero-order valence-electron chi connectivity index (χ0n) is 9.89. The van der Waals surface area contributed by atoms with Crippen LogP contribution in [0.25, 0.3) is 0 Å². The summed E-state index contributed by atoms with van der Waals surface area (Å²) in [6, 6.07) is 9.80. The second-order valence-electron chi connectivity index (χ2n) is 3.86. The van der Waals surface area contributed by atoms with Gasteiger partial charge in [-0.15, -0.1) is 11.8 Å². The summed E-state index contributed by atoms with van der Waals surface area (Å²) in [5, 5.41) is 0. The Hall–Kier alpha value is -1.13. The first-order valence-corrected chi connectivity index (χ1v) is 7.27. The molecule has 0 unspecified atom stereocenters. The van der Waals surface area contributed by atoms with Crippen molar-refractivity contribution in [1.82, 2.24) is 4.98 Å². The van der Waals surface area contributed by atoms with Crippen molar-refractivity contribution in [2.24, 2.45) is 0 Å². The van der Waals surface area contributed by atoms with Crippen molar-refractivity contribution in [1.29, 1.82) is 0 Å². The highest BCUT2D eigenvalue weighted by Gasteiger charge is 2.09. The standard InChI is InChI=1S/C14H12BrNOS/c1-10-5-6-16-8-13(10)14(17)9-18-12-4-2-3-11(15)7-12/h2-8H,9H2,1H3. The molecule has 0 atom stereocenters. The number of carbonyl (C=O) groups is 1. The molecule has 0 aliphatic rings. The largest absolute Gasteiger partial charge is 0.293 e. The van der Waals surface area contributed by atoms with Gasteiger partial charge in [0, 0.05) is 27.3 Å². The van der Waals surface area contributed by atoms with Gasteiger partial charge in [-0.25, -0.2) is 0 Å². The number of thioether (sulfide) groups is 1. The Morgan fingerprint density at radius 2 is 2.22 bits per heavy atom. The third-order valence-electron chi connectivity index (χ3n) is 2.51. The first kappa shape index (κ1) is 13.3. The van der Waals surface area contributed by atoms with Crippen LogP contribution in [0.4, 0.5) is 0 Å². The number of rotatable bonds is 4. The van der Waals surface area contributed by atoms with Gasteiger partial charge in [-0.05, 0) is 36.8 Å². The first-order chi connectivity index (χ1) is 8.66. The second-order valence-corrected chi connectivity index (χ2v) is 5.82. The van der Waals surface area contributed by atoms with Crippen LogP contribution in [-0.4, -0.2) is 16.5 Å². The molecule has 0 fully saturated rings. The van der Waals surface area contributed by atoms with Gasteiger partial charge in [0.1, 0.15) is 0 Å². The third kappa shape index (κ3) is 3.43. The van der Waals surface area contributed by atoms with E-state index in [0.29, 0.717) is 11.3 Å². The number of aromatic nitrogens is 1. The van der Waals surface area contributed by atoms with Crippen molar-refractivity contribution < 1.29 is 4.79 Å². The maximum atomic E-state index is 12.1. The van der Waals surface area contributed by atoms with Gasteiger partial charge in [0.25, 0.3) is 0 Å². The summed E-state index contributed by atoms with van der Waals surface area (Å²) < 4.78 is 1.03. The lowest BCUT2D eigenvalue weighted by Crippen LogP contribution is -2.05. The Kier molecular flexibility index (Phi) is 4.55. The predicted molar refractivity (Wildman–Crippen MR) is 78.2 cm³/mol. The molecule has 2 rings (SSSR count). The molecule has 0 radical (unpaired) electrons. The monoisotopic (exact) mass is 321 g/mol. The molecule has 2 aromatic rings. The molecule has 0 bridgehead atoms. The molecule has 0 amide bonds. The normalized spacial score (nSPS) is 10.3. The van der Waals surface area contributed by atoms with Gasteiger partial charge in [-0.2, -0.15) is 0 Å². The van der Waals surface area contributed by atoms with Gasteiger partial charge in [0.05, 0.1) is 5.75 Å². The molecular weight excluding hydrogens is 310 g/mol. The van der Waals surface area contributed by atoms with E-state index in [4.69, 9.17) is 0 Å². The Balaban J connectivity index is 2.03. The van der Waals surface area contributed by atoms with Crippen molar-refractivity contribution in [3.63, 3.8) is 0 Å². The molecular formula is C14H12BrNOS. The Morgan fingerprint density at radius 1 is 1.39 bits per heavy atom. The van der Waals surface area contributed by atoms with E-state index < -0.39 is 0 Å². The van der Waals surface area contributed by atoms with Crippen LogP contribution in [0.5, 0.6) is 0 Å². The molecule has 0 saturated heterocycles. The number of benzene rings is 1. The summed E-state index contributed by atoms with van der Waals surface area (Å²) >= 11 is 4.96. The van der Waals surface area contributed by atoms with Gasteiger partial charge in [-0.3, -0.25) is 9.78 Å². The summed E-state index contributed by atoms with van der Waals surface area (Å²) in [7, 11) is 0.